The van der Waals surface area contributed by atoms with Gasteiger partial charge in [-0.05, 0) is 55.3 Å². The van der Waals surface area contributed by atoms with Gasteiger partial charge in [0.05, 0.1) is 10.6 Å². The third kappa shape index (κ3) is 7.57. The van der Waals surface area contributed by atoms with Crippen molar-refractivity contribution in [3.05, 3.63) is 95.5 Å². The summed E-state index contributed by atoms with van der Waals surface area (Å²) in [6, 6.07) is 22.6. The highest BCUT2D eigenvalue weighted by Crippen LogP contribution is 2.24. The Morgan fingerprint density at radius 2 is 1.51 bits per heavy atom. The lowest BCUT2D eigenvalue weighted by atomic mass is 10.1. The number of nitrogens with zero attached hydrogens (tertiary/aromatic N) is 2. The SMILES string of the molecule is CCCCNC(=O)[C@@H](C)N(Cc1ccc(Cl)cc1)C(=O)CN(c1ccccc1)S(=O)(=O)c1ccccc1. The molecule has 37 heavy (non-hydrogen) atoms. The molecule has 0 heterocycles. The van der Waals surface area contributed by atoms with Crippen LogP contribution in [0.25, 0.3) is 0 Å². The van der Waals surface area contributed by atoms with E-state index in [1.807, 2.05) is 6.92 Å². The molecule has 196 valence electrons. The van der Waals surface area contributed by atoms with Gasteiger partial charge in [0.15, 0.2) is 0 Å². The Kier molecular flexibility index (Phi) is 10.1. The summed E-state index contributed by atoms with van der Waals surface area (Å²) < 4.78 is 28.3. The van der Waals surface area contributed by atoms with Gasteiger partial charge in [0.1, 0.15) is 12.6 Å². The maximum Gasteiger partial charge on any atom is 0.264 e. The smallest absolute Gasteiger partial charge is 0.264 e. The number of benzene rings is 3. The number of para-hydroxylation sites is 1. The van der Waals surface area contributed by atoms with Gasteiger partial charge in [-0.3, -0.25) is 13.9 Å². The molecule has 0 radical (unpaired) electrons. The Labute approximate surface area is 224 Å². The number of anilines is 1. The Bertz CT molecular complexity index is 1270. The molecule has 0 unspecified atom stereocenters. The molecule has 2 amide bonds. The van der Waals surface area contributed by atoms with Crippen LogP contribution in [0.2, 0.25) is 5.02 Å². The molecule has 3 rings (SSSR count). The molecule has 3 aromatic carbocycles. The van der Waals surface area contributed by atoms with E-state index in [9.17, 15) is 18.0 Å². The fourth-order valence-electron chi connectivity index (χ4n) is 3.75. The summed E-state index contributed by atoms with van der Waals surface area (Å²) in [5.41, 5.74) is 1.12. The van der Waals surface area contributed by atoms with Crippen molar-refractivity contribution in [1.29, 1.82) is 0 Å². The first kappa shape index (κ1) is 28.2. The van der Waals surface area contributed by atoms with Gasteiger partial charge in [0.2, 0.25) is 11.8 Å². The van der Waals surface area contributed by atoms with Gasteiger partial charge in [-0.1, -0.05) is 73.5 Å². The van der Waals surface area contributed by atoms with Gasteiger partial charge < -0.3 is 10.2 Å². The predicted molar refractivity (Wildman–Crippen MR) is 147 cm³/mol. The average molecular weight is 542 g/mol. The van der Waals surface area contributed by atoms with E-state index in [1.165, 1.54) is 17.0 Å². The minimum atomic E-state index is -4.06. The first-order valence-corrected chi connectivity index (χ1v) is 14.0. The second-order valence-electron chi connectivity index (χ2n) is 8.63. The van der Waals surface area contributed by atoms with Crippen molar-refractivity contribution in [3.8, 4) is 0 Å². The Hall–Kier alpha value is -3.36. The fraction of sp³-hybridized carbons (Fsp3) is 0.286. The van der Waals surface area contributed by atoms with Crippen LogP contribution in [0.5, 0.6) is 0 Å². The Morgan fingerprint density at radius 3 is 2.11 bits per heavy atom. The summed E-state index contributed by atoms with van der Waals surface area (Å²) in [7, 11) is -4.06. The molecular weight excluding hydrogens is 510 g/mol. The van der Waals surface area contributed by atoms with Crippen LogP contribution < -0.4 is 9.62 Å². The third-order valence-electron chi connectivity index (χ3n) is 5.92. The first-order valence-electron chi connectivity index (χ1n) is 12.2. The maximum absolute atomic E-state index is 13.8. The lowest BCUT2D eigenvalue weighted by Crippen LogP contribution is -2.51. The minimum Gasteiger partial charge on any atom is -0.354 e. The van der Waals surface area contributed by atoms with E-state index in [2.05, 4.69) is 5.32 Å². The summed E-state index contributed by atoms with van der Waals surface area (Å²) in [6.45, 7) is 3.82. The van der Waals surface area contributed by atoms with Crippen LogP contribution in [0.4, 0.5) is 5.69 Å². The summed E-state index contributed by atoms with van der Waals surface area (Å²) in [5, 5.41) is 3.42. The Morgan fingerprint density at radius 1 is 0.919 bits per heavy atom. The summed E-state index contributed by atoms with van der Waals surface area (Å²) in [4.78, 5) is 28.2. The molecule has 3 aromatic rings. The number of nitrogens with one attached hydrogen (secondary N) is 1. The number of unbranched alkanes of at least 4 members (excludes halogenated alkanes) is 1. The molecule has 0 bridgehead atoms. The number of hydrogen-bond donors (Lipinski definition) is 1. The second-order valence-corrected chi connectivity index (χ2v) is 10.9. The van der Waals surface area contributed by atoms with Crippen molar-refractivity contribution < 1.29 is 18.0 Å². The van der Waals surface area contributed by atoms with Crippen LogP contribution in [0.3, 0.4) is 0 Å². The van der Waals surface area contributed by atoms with Gasteiger partial charge in [0.25, 0.3) is 10.0 Å². The normalized spacial score (nSPS) is 12.0. The molecule has 0 fully saturated rings. The van der Waals surface area contributed by atoms with Crippen molar-refractivity contribution in [1.82, 2.24) is 10.2 Å². The lowest BCUT2D eigenvalue weighted by Gasteiger charge is -2.32. The molecule has 9 heteroatoms. The summed E-state index contributed by atoms with van der Waals surface area (Å²) in [6.07, 6.45) is 1.74. The average Bonchev–Trinajstić information content (AvgIpc) is 2.91. The molecule has 0 aliphatic rings. The van der Waals surface area contributed by atoms with Gasteiger partial charge in [-0.15, -0.1) is 0 Å². The molecule has 0 aliphatic heterocycles. The largest absolute Gasteiger partial charge is 0.354 e. The molecule has 0 saturated carbocycles. The van der Waals surface area contributed by atoms with E-state index in [4.69, 9.17) is 11.6 Å². The lowest BCUT2D eigenvalue weighted by molar-refractivity contribution is -0.139. The van der Waals surface area contributed by atoms with Crippen LogP contribution in [0, 0.1) is 0 Å². The van der Waals surface area contributed by atoms with E-state index in [-0.39, 0.29) is 17.3 Å². The van der Waals surface area contributed by atoms with Gasteiger partial charge in [0, 0.05) is 18.1 Å². The number of sulfonamides is 1. The number of carbonyl (C=O) groups excluding carboxylic acids is 2. The van der Waals surface area contributed by atoms with Crippen LogP contribution >= 0.6 is 11.6 Å². The molecular formula is C28H32ClN3O4S. The molecule has 0 spiro atoms. The summed E-state index contributed by atoms with van der Waals surface area (Å²) in [5.74, 6) is -0.801. The van der Waals surface area contributed by atoms with Crippen LogP contribution in [-0.2, 0) is 26.2 Å². The molecule has 7 nitrogen and oxygen atoms in total. The monoisotopic (exact) mass is 541 g/mol. The highest BCUT2D eigenvalue weighted by atomic mass is 35.5. The van der Waals surface area contributed by atoms with E-state index in [1.54, 1.807) is 79.7 Å². The van der Waals surface area contributed by atoms with E-state index >= 15 is 0 Å². The van der Waals surface area contributed by atoms with Gasteiger partial charge in [-0.2, -0.15) is 0 Å². The predicted octanol–water partition coefficient (Wildman–Crippen LogP) is 4.87. The van der Waals surface area contributed by atoms with Crippen molar-refractivity contribution >= 4 is 39.1 Å². The fourth-order valence-corrected chi connectivity index (χ4v) is 5.31. The number of halogens is 1. The van der Waals surface area contributed by atoms with E-state index < -0.39 is 28.5 Å². The quantitative estimate of drug-likeness (QED) is 0.331. The zero-order valence-electron chi connectivity index (χ0n) is 21.0. The zero-order valence-corrected chi connectivity index (χ0v) is 22.6. The molecule has 1 atom stereocenters. The zero-order chi connectivity index (χ0) is 26.8. The number of hydrogen-bond acceptors (Lipinski definition) is 4. The molecule has 0 aliphatic carbocycles. The molecule has 0 aromatic heterocycles. The van der Waals surface area contributed by atoms with E-state index in [0.717, 1.165) is 22.7 Å². The molecule has 1 N–H and O–H groups in total. The van der Waals surface area contributed by atoms with Gasteiger partial charge in [-0.25, -0.2) is 8.42 Å². The van der Waals surface area contributed by atoms with E-state index in [0.29, 0.717) is 17.3 Å². The number of amides is 2. The second kappa shape index (κ2) is 13.3. The van der Waals surface area contributed by atoms with Crippen molar-refractivity contribution in [2.45, 2.75) is 44.2 Å². The molecule has 0 saturated heterocycles. The topological polar surface area (TPSA) is 86.8 Å². The standard InChI is InChI=1S/C28H32ClN3O4S/c1-3-4-19-30-28(34)22(2)31(20-23-15-17-24(29)18-16-23)27(33)21-32(25-11-7-5-8-12-25)37(35,36)26-13-9-6-10-14-26/h5-18,22H,3-4,19-21H2,1-2H3,(H,30,34)/t22-/m1/s1. The number of rotatable bonds is 12. The third-order valence-corrected chi connectivity index (χ3v) is 7.96. The highest BCUT2D eigenvalue weighted by molar-refractivity contribution is 7.92. The first-order chi connectivity index (χ1) is 17.7. The van der Waals surface area contributed by atoms with Crippen LogP contribution in [-0.4, -0.2) is 44.3 Å². The highest BCUT2D eigenvalue weighted by Gasteiger charge is 2.32. The minimum absolute atomic E-state index is 0.0706. The maximum atomic E-state index is 13.8. The van der Waals surface area contributed by atoms with Crippen LogP contribution in [0.1, 0.15) is 32.3 Å². The van der Waals surface area contributed by atoms with Crippen molar-refractivity contribution in [3.63, 3.8) is 0 Å². The summed E-state index contributed by atoms with van der Waals surface area (Å²) >= 11 is 6.02. The van der Waals surface area contributed by atoms with Crippen molar-refractivity contribution in [2.75, 3.05) is 17.4 Å². The Balaban J connectivity index is 1.95. The number of carbonyl (C=O) groups is 2. The van der Waals surface area contributed by atoms with Crippen LogP contribution in [0.15, 0.2) is 89.8 Å². The van der Waals surface area contributed by atoms with Crippen molar-refractivity contribution in [2.24, 2.45) is 0 Å². The van der Waals surface area contributed by atoms with Gasteiger partial charge >= 0.3 is 0 Å².